The summed E-state index contributed by atoms with van der Waals surface area (Å²) in [4.78, 5) is 12.1. The van der Waals surface area contributed by atoms with Crippen molar-refractivity contribution in [2.75, 3.05) is 5.32 Å². The third kappa shape index (κ3) is 3.47. The number of benzene rings is 1. The SMILES string of the molecule is O=C(Cn1ncn(-n2cccc2)c1=S)Nc1ccc(Cl)c(Cl)c1. The molecule has 0 saturated carbocycles. The lowest BCUT2D eigenvalue weighted by molar-refractivity contribution is -0.116. The number of carbonyl (C=O) groups is 1. The highest BCUT2D eigenvalue weighted by Gasteiger charge is 2.09. The predicted molar refractivity (Wildman–Crippen MR) is 91.4 cm³/mol. The largest absolute Gasteiger partial charge is 0.324 e. The summed E-state index contributed by atoms with van der Waals surface area (Å²) in [6.45, 7) is -0.00660. The van der Waals surface area contributed by atoms with E-state index in [0.29, 0.717) is 20.5 Å². The zero-order valence-electron chi connectivity index (χ0n) is 11.7. The highest BCUT2D eigenvalue weighted by Crippen LogP contribution is 2.24. The number of halogens is 2. The van der Waals surface area contributed by atoms with E-state index in [1.165, 1.54) is 4.68 Å². The van der Waals surface area contributed by atoms with Crippen molar-refractivity contribution >= 4 is 47.0 Å². The highest BCUT2D eigenvalue weighted by atomic mass is 35.5. The molecule has 118 valence electrons. The number of aromatic nitrogens is 4. The van der Waals surface area contributed by atoms with E-state index >= 15 is 0 Å². The number of rotatable bonds is 4. The lowest BCUT2D eigenvalue weighted by atomic mass is 10.3. The van der Waals surface area contributed by atoms with E-state index in [9.17, 15) is 4.79 Å². The highest BCUT2D eigenvalue weighted by molar-refractivity contribution is 7.71. The molecule has 2 aromatic heterocycles. The Kier molecular flexibility index (Phi) is 4.51. The second-order valence-corrected chi connectivity index (χ2v) is 5.84. The van der Waals surface area contributed by atoms with Crippen LogP contribution in [0.3, 0.4) is 0 Å². The van der Waals surface area contributed by atoms with Crippen molar-refractivity contribution < 1.29 is 4.79 Å². The summed E-state index contributed by atoms with van der Waals surface area (Å²) in [7, 11) is 0. The van der Waals surface area contributed by atoms with Crippen molar-refractivity contribution in [1.82, 2.24) is 19.1 Å². The average Bonchev–Trinajstić information content (AvgIpc) is 3.14. The van der Waals surface area contributed by atoms with Crippen LogP contribution in [-0.2, 0) is 11.3 Å². The molecule has 0 aliphatic rings. The molecule has 0 radical (unpaired) electrons. The van der Waals surface area contributed by atoms with Crippen molar-refractivity contribution in [1.29, 1.82) is 0 Å². The van der Waals surface area contributed by atoms with Crippen LogP contribution in [0.2, 0.25) is 10.0 Å². The van der Waals surface area contributed by atoms with Crippen molar-refractivity contribution in [2.24, 2.45) is 0 Å². The van der Waals surface area contributed by atoms with Crippen LogP contribution in [0.25, 0.3) is 0 Å². The first-order valence-electron chi connectivity index (χ1n) is 6.57. The molecule has 0 unspecified atom stereocenters. The molecule has 0 saturated heterocycles. The maximum atomic E-state index is 12.1. The van der Waals surface area contributed by atoms with Crippen LogP contribution in [0.4, 0.5) is 5.69 Å². The van der Waals surface area contributed by atoms with E-state index in [-0.39, 0.29) is 12.5 Å². The summed E-state index contributed by atoms with van der Waals surface area (Å²) in [5.74, 6) is -0.266. The van der Waals surface area contributed by atoms with Crippen molar-refractivity contribution in [2.45, 2.75) is 6.54 Å². The second-order valence-electron chi connectivity index (χ2n) is 4.66. The van der Waals surface area contributed by atoms with Gasteiger partial charge in [-0.25, -0.2) is 9.36 Å². The number of anilines is 1. The summed E-state index contributed by atoms with van der Waals surface area (Å²) in [6.07, 6.45) is 5.21. The van der Waals surface area contributed by atoms with Gasteiger partial charge in [0.25, 0.3) is 0 Å². The van der Waals surface area contributed by atoms with Crippen molar-refractivity contribution in [3.8, 4) is 0 Å². The second kappa shape index (κ2) is 6.57. The number of nitrogens with zero attached hydrogens (tertiary/aromatic N) is 4. The molecule has 0 atom stereocenters. The van der Waals surface area contributed by atoms with Crippen LogP contribution < -0.4 is 5.32 Å². The molecule has 2 heterocycles. The Hall–Kier alpha value is -2.09. The number of carbonyl (C=O) groups excluding carboxylic acids is 1. The molecule has 1 N–H and O–H groups in total. The normalized spacial score (nSPS) is 10.7. The molecule has 23 heavy (non-hydrogen) atoms. The maximum absolute atomic E-state index is 12.1. The minimum Gasteiger partial charge on any atom is -0.324 e. The van der Waals surface area contributed by atoms with Gasteiger partial charge in [-0.1, -0.05) is 23.2 Å². The fourth-order valence-electron chi connectivity index (χ4n) is 1.97. The Morgan fingerprint density at radius 1 is 1.22 bits per heavy atom. The summed E-state index contributed by atoms with van der Waals surface area (Å²) < 4.78 is 5.26. The van der Waals surface area contributed by atoms with Crippen LogP contribution in [0, 0.1) is 4.77 Å². The third-order valence-electron chi connectivity index (χ3n) is 3.05. The Labute approximate surface area is 146 Å². The predicted octanol–water partition coefficient (Wildman–Crippen LogP) is 3.47. The first kappa shape index (κ1) is 15.8. The standard InChI is InChI=1S/C14H11Cl2N5OS/c15-11-4-3-10(7-12(11)16)18-13(22)8-20-14(23)21(9-17-20)19-5-1-2-6-19/h1-7,9H,8H2,(H,18,22). The number of hydrogen-bond acceptors (Lipinski definition) is 3. The minimum atomic E-state index is -0.266. The fraction of sp³-hybridized carbons (Fsp3) is 0.0714. The number of hydrogen-bond donors (Lipinski definition) is 1. The molecule has 0 bridgehead atoms. The summed E-state index contributed by atoms with van der Waals surface area (Å²) in [5, 5.41) is 7.66. The molecule has 3 rings (SSSR count). The molecular formula is C14H11Cl2N5OS. The fourth-order valence-corrected chi connectivity index (χ4v) is 2.53. The van der Waals surface area contributed by atoms with Crippen molar-refractivity contribution in [3.63, 3.8) is 0 Å². The van der Waals surface area contributed by atoms with Gasteiger partial charge in [0.2, 0.25) is 10.7 Å². The van der Waals surface area contributed by atoms with Crippen LogP contribution in [0.5, 0.6) is 0 Å². The molecule has 1 amide bonds. The van der Waals surface area contributed by atoms with Gasteiger partial charge < -0.3 is 5.32 Å². The van der Waals surface area contributed by atoms with Gasteiger partial charge in [0.05, 0.1) is 10.0 Å². The molecule has 0 aliphatic carbocycles. The van der Waals surface area contributed by atoms with Gasteiger partial charge in [-0.2, -0.15) is 5.10 Å². The molecule has 0 aliphatic heterocycles. The van der Waals surface area contributed by atoms with Gasteiger partial charge in [-0.3, -0.25) is 9.47 Å². The molecule has 1 aromatic carbocycles. The molecule has 6 nitrogen and oxygen atoms in total. The van der Waals surface area contributed by atoms with Crippen LogP contribution in [0.15, 0.2) is 49.1 Å². The van der Waals surface area contributed by atoms with Crippen LogP contribution in [0.1, 0.15) is 0 Å². The van der Waals surface area contributed by atoms with Gasteiger partial charge in [-0.15, -0.1) is 0 Å². The molecule has 0 spiro atoms. The summed E-state index contributed by atoms with van der Waals surface area (Å²) >= 11 is 17.1. The minimum absolute atomic E-state index is 0.00660. The third-order valence-corrected chi connectivity index (χ3v) is 4.19. The van der Waals surface area contributed by atoms with Crippen molar-refractivity contribution in [3.05, 3.63) is 63.9 Å². The molecule has 3 aromatic rings. The summed E-state index contributed by atoms with van der Waals surface area (Å²) in [6, 6.07) is 8.61. The molecule has 9 heteroatoms. The lowest BCUT2D eigenvalue weighted by Gasteiger charge is -2.06. The van der Waals surface area contributed by atoms with Gasteiger partial charge in [-0.05, 0) is 42.5 Å². The van der Waals surface area contributed by atoms with E-state index in [1.807, 2.05) is 24.5 Å². The maximum Gasteiger partial charge on any atom is 0.246 e. The Morgan fingerprint density at radius 2 is 1.96 bits per heavy atom. The van der Waals surface area contributed by atoms with Gasteiger partial charge in [0.1, 0.15) is 12.9 Å². The van der Waals surface area contributed by atoms with Gasteiger partial charge >= 0.3 is 0 Å². The first-order chi connectivity index (χ1) is 11.0. The molecule has 0 fully saturated rings. The quantitative estimate of drug-likeness (QED) is 0.718. The monoisotopic (exact) mass is 367 g/mol. The smallest absolute Gasteiger partial charge is 0.246 e. The zero-order valence-corrected chi connectivity index (χ0v) is 14.0. The molecular weight excluding hydrogens is 357 g/mol. The Morgan fingerprint density at radius 3 is 2.65 bits per heavy atom. The van der Waals surface area contributed by atoms with Crippen LogP contribution >= 0.6 is 35.4 Å². The number of amides is 1. The summed E-state index contributed by atoms with van der Waals surface area (Å²) in [5.41, 5.74) is 0.556. The van der Waals surface area contributed by atoms with E-state index in [0.717, 1.165) is 0 Å². The van der Waals surface area contributed by atoms with Gasteiger partial charge in [0.15, 0.2) is 0 Å². The van der Waals surface area contributed by atoms with E-state index in [1.54, 1.807) is 33.9 Å². The van der Waals surface area contributed by atoms with E-state index in [4.69, 9.17) is 35.4 Å². The number of nitrogens with one attached hydrogen (secondary N) is 1. The van der Waals surface area contributed by atoms with Crippen LogP contribution in [-0.4, -0.2) is 25.0 Å². The van der Waals surface area contributed by atoms with Gasteiger partial charge in [0, 0.05) is 18.1 Å². The van der Waals surface area contributed by atoms with E-state index < -0.39 is 0 Å². The average molecular weight is 368 g/mol. The lowest BCUT2D eigenvalue weighted by Crippen LogP contribution is -2.20. The topological polar surface area (TPSA) is 56.8 Å². The zero-order chi connectivity index (χ0) is 16.4. The first-order valence-corrected chi connectivity index (χ1v) is 7.74. The Bertz CT molecular complexity index is 900. The Balaban J connectivity index is 1.73. The van der Waals surface area contributed by atoms with E-state index in [2.05, 4.69) is 10.4 Å².